The highest BCUT2D eigenvalue weighted by atomic mass is 16.5. The zero-order chi connectivity index (χ0) is 24.7. The topological polar surface area (TPSA) is 78.2 Å². The first kappa shape index (κ1) is 25.1. The number of benzene rings is 2. The molecular formula is C27H31NO6. The van der Waals surface area contributed by atoms with E-state index in [-0.39, 0.29) is 17.1 Å². The predicted molar refractivity (Wildman–Crippen MR) is 132 cm³/mol. The van der Waals surface area contributed by atoms with Crippen LogP contribution in [0.5, 0.6) is 11.5 Å². The van der Waals surface area contributed by atoms with E-state index < -0.39 is 5.97 Å². The fourth-order valence-corrected chi connectivity index (χ4v) is 3.70. The van der Waals surface area contributed by atoms with Crippen LogP contribution in [0.1, 0.15) is 45.9 Å². The van der Waals surface area contributed by atoms with Crippen molar-refractivity contribution in [3.8, 4) is 11.5 Å². The Morgan fingerprint density at radius 1 is 1.03 bits per heavy atom. The number of carbonyl (C=O) groups excluding carboxylic acids is 2. The molecule has 0 aliphatic rings. The van der Waals surface area contributed by atoms with Gasteiger partial charge < -0.3 is 23.5 Å². The van der Waals surface area contributed by atoms with Crippen molar-refractivity contribution < 1.29 is 28.2 Å². The summed E-state index contributed by atoms with van der Waals surface area (Å²) in [4.78, 5) is 27.8. The molecule has 7 heteroatoms. The fraction of sp³-hybridized carbons (Fsp3) is 0.333. The van der Waals surface area contributed by atoms with Crippen LogP contribution in [0.4, 0.5) is 0 Å². The van der Waals surface area contributed by atoms with Gasteiger partial charge in [0.25, 0.3) is 0 Å². The molecule has 34 heavy (non-hydrogen) atoms. The molecule has 0 fully saturated rings. The number of ketones is 1. The number of esters is 1. The first-order valence-electron chi connectivity index (χ1n) is 11.3. The standard InChI is InChI=1S/C27H31NO6/c1-6-28(7-2)16-17-33-23-15-13-21-18(3)25(27(30)32-5)34-26(21)24(23)22(29)14-10-19-8-11-20(31-4)12-9-19/h8-15H,6-7,16-17H2,1-5H3. The van der Waals surface area contributed by atoms with E-state index in [1.54, 1.807) is 32.2 Å². The van der Waals surface area contributed by atoms with Crippen LogP contribution in [0.15, 0.2) is 46.9 Å². The maximum absolute atomic E-state index is 13.4. The van der Waals surface area contributed by atoms with E-state index in [9.17, 15) is 9.59 Å². The number of allylic oxidation sites excluding steroid dienone is 1. The average Bonchev–Trinajstić information content (AvgIpc) is 3.21. The molecule has 2 aromatic carbocycles. The lowest BCUT2D eigenvalue weighted by Crippen LogP contribution is -2.28. The molecule has 3 rings (SSSR count). The third-order valence-corrected chi connectivity index (χ3v) is 5.79. The van der Waals surface area contributed by atoms with Gasteiger partial charge in [0.2, 0.25) is 5.76 Å². The van der Waals surface area contributed by atoms with Crippen molar-refractivity contribution in [1.29, 1.82) is 0 Å². The molecule has 0 aliphatic carbocycles. The van der Waals surface area contributed by atoms with Crippen LogP contribution in [0.2, 0.25) is 0 Å². The summed E-state index contributed by atoms with van der Waals surface area (Å²) in [6, 6.07) is 10.9. The minimum atomic E-state index is -0.593. The number of hydrogen-bond donors (Lipinski definition) is 0. The number of likely N-dealkylation sites (N-methyl/N-ethyl adjacent to an activating group) is 1. The van der Waals surface area contributed by atoms with Crippen molar-refractivity contribution >= 4 is 28.8 Å². The lowest BCUT2D eigenvalue weighted by atomic mass is 10.0. The van der Waals surface area contributed by atoms with Gasteiger partial charge in [-0.25, -0.2) is 4.79 Å². The van der Waals surface area contributed by atoms with Crippen LogP contribution in [-0.4, -0.2) is 57.1 Å². The van der Waals surface area contributed by atoms with Crippen LogP contribution in [-0.2, 0) is 4.74 Å². The third kappa shape index (κ3) is 5.48. The van der Waals surface area contributed by atoms with E-state index in [0.29, 0.717) is 28.9 Å². The summed E-state index contributed by atoms with van der Waals surface area (Å²) in [5, 5.41) is 0.665. The molecule has 0 spiro atoms. The van der Waals surface area contributed by atoms with Gasteiger partial charge in [-0.2, -0.15) is 0 Å². The molecule has 1 aromatic heterocycles. The van der Waals surface area contributed by atoms with E-state index in [2.05, 4.69) is 18.7 Å². The highest BCUT2D eigenvalue weighted by Gasteiger charge is 2.24. The minimum Gasteiger partial charge on any atom is -0.497 e. The Morgan fingerprint density at radius 3 is 2.35 bits per heavy atom. The SMILES string of the molecule is CCN(CC)CCOc1ccc2c(C)c(C(=O)OC)oc2c1C(=O)C=Cc1ccc(OC)cc1. The van der Waals surface area contributed by atoms with Gasteiger partial charge in [0.05, 0.1) is 14.2 Å². The summed E-state index contributed by atoms with van der Waals surface area (Å²) in [5.41, 5.74) is 2.05. The molecular weight excluding hydrogens is 434 g/mol. The molecule has 0 aliphatic heterocycles. The van der Waals surface area contributed by atoms with E-state index in [1.807, 2.05) is 24.3 Å². The molecule has 0 saturated heterocycles. The molecule has 3 aromatic rings. The van der Waals surface area contributed by atoms with Crippen molar-refractivity contribution in [1.82, 2.24) is 4.90 Å². The van der Waals surface area contributed by atoms with Crippen molar-refractivity contribution in [2.24, 2.45) is 0 Å². The quantitative estimate of drug-likeness (QED) is 0.220. The fourth-order valence-electron chi connectivity index (χ4n) is 3.70. The molecule has 0 bridgehead atoms. The molecule has 0 amide bonds. The third-order valence-electron chi connectivity index (χ3n) is 5.79. The van der Waals surface area contributed by atoms with Crippen LogP contribution < -0.4 is 9.47 Å². The van der Waals surface area contributed by atoms with Crippen LogP contribution >= 0.6 is 0 Å². The van der Waals surface area contributed by atoms with E-state index in [0.717, 1.165) is 30.9 Å². The molecule has 0 radical (unpaired) electrons. The van der Waals surface area contributed by atoms with Gasteiger partial charge in [0, 0.05) is 17.5 Å². The van der Waals surface area contributed by atoms with Gasteiger partial charge in [-0.3, -0.25) is 4.79 Å². The zero-order valence-corrected chi connectivity index (χ0v) is 20.3. The van der Waals surface area contributed by atoms with E-state index in [1.165, 1.54) is 13.2 Å². The Morgan fingerprint density at radius 2 is 1.74 bits per heavy atom. The number of rotatable bonds is 11. The Balaban J connectivity index is 2.00. The second kappa shape index (κ2) is 11.5. The Hall–Kier alpha value is -3.58. The number of nitrogens with zero attached hydrogens (tertiary/aromatic N) is 1. The zero-order valence-electron chi connectivity index (χ0n) is 20.3. The number of ether oxygens (including phenoxy) is 3. The van der Waals surface area contributed by atoms with Crippen LogP contribution in [0.25, 0.3) is 17.0 Å². The summed E-state index contributed by atoms with van der Waals surface area (Å²) < 4.78 is 21.9. The van der Waals surface area contributed by atoms with Crippen molar-refractivity contribution in [2.45, 2.75) is 20.8 Å². The smallest absolute Gasteiger partial charge is 0.374 e. The molecule has 1 heterocycles. The largest absolute Gasteiger partial charge is 0.497 e. The first-order valence-corrected chi connectivity index (χ1v) is 11.3. The van der Waals surface area contributed by atoms with Crippen molar-refractivity contribution in [3.05, 3.63) is 64.9 Å². The van der Waals surface area contributed by atoms with Gasteiger partial charge in [0.1, 0.15) is 29.3 Å². The number of hydrogen-bond acceptors (Lipinski definition) is 7. The second-order valence-electron chi connectivity index (χ2n) is 7.71. The Kier molecular flexibility index (Phi) is 8.49. The summed E-state index contributed by atoms with van der Waals surface area (Å²) in [7, 11) is 2.89. The number of aryl methyl sites for hydroxylation is 1. The molecule has 0 saturated carbocycles. The Labute approximate surface area is 199 Å². The van der Waals surface area contributed by atoms with Crippen LogP contribution in [0, 0.1) is 6.92 Å². The highest BCUT2D eigenvalue weighted by molar-refractivity contribution is 6.16. The molecule has 0 atom stereocenters. The maximum atomic E-state index is 13.4. The van der Waals surface area contributed by atoms with E-state index >= 15 is 0 Å². The summed E-state index contributed by atoms with van der Waals surface area (Å²) in [5.74, 6) is 0.341. The van der Waals surface area contributed by atoms with Gasteiger partial charge in [-0.15, -0.1) is 0 Å². The van der Waals surface area contributed by atoms with Crippen LogP contribution in [0.3, 0.4) is 0 Å². The number of furan rings is 1. The van der Waals surface area contributed by atoms with Gasteiger partial charge >= 0.3 is 5.97 Å². The minimum absolute atomic E-state index is 0.0750. The number of fused-ring (bicyclic) bond motifs is 1. The van der Waals surface area contributed by atoms with Crippen molar-refractivity contribution in [2.75, 3.05) is 40.5 Å². The lowest BCUT2D eigenvalue weighted by molar-refractivity contribution is 0.0566. The molecule has 0 N–H and O–H groups in total. The van der Waals surface area contributed by atoms with E-state index in [4.69, 9.17) is 18.6 Å². The Bertz CT molecular complexity index is 1170. The van der Waals surface area contributed by atoms with Gasteiger partial charge in [0.15, 0.2) is 5.78 Å². The van der Waals surface area contributed by atoms with Gasteiger partial charge in [-0.1, -0.05) is 32.1 Å². The maximum Gasteiger partial charge on any atom is 0.374 e. The van der Waals surface area contributed by atoms with Gasteiger partial charge in [-0.05, 0) is 55.9 Å². The van der Waals surface area contributed by atoms with Crippen molar-refractivity contribution in [3.63, 3.8) is 0 Å². The monoisotopic (exact) mass is 465 g/mol. The predicted octanol–water partition coefficient (Wildman–Crippen LogP) is 5.15. The summed E-state index contributed by atoms with van der Waals surface area (Å²) in [6.07, 6.45) is 3.20. The second-order valence-corrected chi connectivity index (χ2v) is 7.71. The number of carbonyl (C=O) groups is 2. The summed E-state index contributed by atoms with van der Waals surface area (Å²) >= 11 is 0. The molecule has 7 nitrogen and oxygen atoms in total. The first-order chi connectivity index (χ1) is 16.4. The summed E-state index contributed by atoms with van der Waals surface area (Å²) in [6.45, 7) is 8.91. The number of methoxy groups -OCH3 is 2. The molecule has 0 unspecified atom stereocenters. The molecule has 180 valence electrons. The average molecular weight is 466 g/mol. The normalized spacial score (nSPS) is 11.4. The lowest BCUT2D eigenvalue weighted by Gasteiger charge is -2.18. The highest BCUT2D eigenvalue weighted by Crippen LogP contribution is 2.34.